The predicted octanol–water partition coefficient (Wildman–Crippen LogP) is 0.159. The average molecular weight is 346 g/mol. The van der Waals surface area contributed by atoms with Crippen molar-refractivity contribution in [2.75, 3.05) is 38.2 Å². The Morgan fingerprint density at radius 3 is 2.92 bits per heavy atom. The average Bonchev–Trinajstić information content (AvgIpc) is 2.87. The van der Waals surface area contributed by atoms with Crippen LogP contribution in [0, 0.1) is 6.92 Å². The van der Waals surface area contributed by atoms with E-state index in [0.717, 1.165) is 25.3 Å². The van der Waals surface area contributed by atoms with Crippen LogP contribution >= 0.6 is 0 Å². The molecule has 0 bridgehead atoms. The number of hydrogen-bond donors (Lipinski definition) is 0. The van der Waals surface area contributed by atoms with E-state index in [1.165, 1.54) is 10.1 Å². The highest BCUT2D eigenvalue weighted by Gasteiger charge is 2.24. The molecule has 8 heteroatoms. The van der Waals surface area contributed by atoms with E-state index < -0.39 is 0 Å². The molecular formula is C17H26N6O2. The van der Waals surface area contributed by atoms with Gasteiger partial charge in [0.15, 0.2) is 5.82 Å². The topological polar surface area (TPSA) is 68.4 Å². The second-order valence-electron chi connectivity index (χ2n) is 6.69. The maximum atomic E-state index is 12.2. The van der Waals surface area contributed by atoms with Gasteiger partial charge in [0.05, 0.1) is 18.4 Å². The first kappa shape index (κ1) is 17.6. The van der Waals surface area contributed by atoms with E-state index in [1.54, 1.807) is 19.4 Å². The summed E-state index contributed by atoms with van der Waals surface area (Å²) in [5.74, 6) is 0.453. The molecule has 0 amide bonds. The monoisotopic (exact) mass is 346 g/mol. The zero-order chi connectivity index (χ0) is 18.0. The number of hydrogen-bond acceptors (Lipinski definition) is 6. The molecule has 1 atom stereocenters. The van der Waals surface area contributed by atoms with Gasteiger partial charge in [0, 0.05) is 71.5 Å². The minimum Gasteiger partial charge on any atom is -0.374 e. The van der Waals surface area contributed by atoms with Crippen molar-refractivity contribution in [3.05, 3.63) is 40.2 Å². The van der Waals surface area contributed by atoms with Crippen LogP contribution in [0.15, 0.2) is 23.4 Å². The van der Waals surface area contributed by atoms with Crippen molar-refractivity contribution in [1.29, 1.82) is 0 Å². The summed E-state index contributed by atoms with van der Waals surface area (Å²) in [5, 5.41) is 4.41. The summed E-state index contributed by atoms with van der Waals surface area (Å²) >= 11 is 0. The molecular weight excluding hydrogens is 320 g/mol. The van der Waals surface area contributed by atoms with Crippen molar-refractivity contribution >= 4 is 5.82 Å². The molecule has 25 heavy (non-hydrogen) atoms. The van der Waals surface area contributed by atoms with E-state index in [0.29, 0.717) is 19.0 Å². The molecule has 3 rings (SSSR count). The molecule has 1 saturated heterocycles. The molecule has 3 heterocycles. The third-order valence-electron chi connectivity index (χ3n) is 4.57. The van der Waals surface area contributed by atoms with Crippen LogP contribution in [0.2, 0.25) is 0 Å². The first-order valence-electron chi connectivity index (χ1n) is 8.50. The molecule has 2 aromatic rings. The van der Waals surface area contributed by atoms with E-state index in [-0.39, 0.29) is 11.7 Å². The Morgan fingerprint density at radius 2 is 2.20 bits per heavy atom. The Kier molecular flexibility index (Phi) is 5.19. The van der Waals surface area contributed by atoms with Crippen LogP contribution in [0.4, 0.5) is 5.82 Å². The first-order valence-corrected chi connectivity index (χ1v) is 8.50. The number of rotatable bonds is 5. The molecule has 2 aromatic heterocycles. The number of aryl methyl sites for hydroxylation is 3. The number of anilines is 1. The maximum Gasteiger partial charge on any atom is 0.293 e. The molecule has 1 aliphatic rings. The van der Waals surface area contributed by atoms with Crippen molar-refractivity contribution < 1.29 is 4.74 Å². The molecule has 0 N–H and O–H groups in total. The van der Waals surface area contributed by atoms with Crippen molar-refractivity contribution in [2.45, 2.75) is 19.6 Å². The lowest BCUT2D eigenvalue weighted by Gasteiger charge is -2.34. The van der Waals surface area contributed by atoms with Gasteiger partial charge in [-0.05, 0) is 6.92 Å². The van der Waals surface area contributed by atoms with Gasteiger partial charge in [0.2, 0.25) is 0 Å². The van der Waals surface area contributed by atoms with Crippen LogP contribution in [0.5, 0.6) is 0 Å². The first-order chi connectivity index (χ1) is 11.9. The second kappa shape index (κ2) is 7.37. The number of nitrogens with zero attached hydrogens (tertiary/aromatic N) is 6. The summed E-state index contributed by atoms with van der Waals surface area (Å²) in [6, 6.07) is 0. The molecule has 8 nitrogen and oxygen atoms in total. The Morgan fingerprint density at radius 1 is 1.40 bits per heavy atom. The van der Waals surface area contributed by atoms with Crippen LogP contribution in [-0.4, -0.2) is 63.6 Å². The summed E-state index contributed by atoms with van der Waals surface area (Å²) in [5.41, 5.74) is 2.22. The quantitative estimate of drug-likeness (QED) is 0.768. The van der Waals surface area contributed by atoms with Crippen LogP contribution in [0.25, 0.3) is 0 Å². The van der Waals surface area contributed by atoms with E-state index in [4.69, 9.17) is 4.74 Å². The summed E-state index contributed by atoms with van der Waals surface area (Å²) in [6.07, 6.45) is 5.42. The minimum atomic E-state index is -0.0938. The summed E-state index contributed by atoms with van der Waals surface area (Å²) in [6.45, 7) is 5.96. The van der Waals surface area contributed by atoms with Crippen LogP contribution in [-0.2, 0) is 25.4 Å². The smallest absolute Gasteiger partial charge is 0.293 e. The zero-order valence-corrected chi connectivity index (χ0v) is 15.3. The maximum absolute atomic E-state index is 12.2. The molecule has 1 aliphatic heterocycles. The number of likely N-dealkylation sites (N-methyl/N-ethyl adjacent to an activating group) is 1. The Bertz CT molecular complexity index is 784. The fraction of sp³-hybridized carbons (Fsp3) is 0.588. The van der Waals surface area contributed by atoms with Crippen molar-refractivity contribution in [3.63, 3.8) is 0 Å². The molecule has 0 aromatic carbocycles. The lowest BCUT2D eigenvalue weighted by Crippen LogP contribution is -2.47. The highest BCUT2D eigenvalue weighted by atomic mass is 16.5. The second-order valence-corrected chi connectivity index (χ2v) is 6.69. The van der Waals surface area contributed by atoms with E-state index in [2.05, 4.69) is 21.2 Å². The summed E-state index contributed by atoms with van der Waals surface area (Å²) in [7, 11) is 5.56. The van der Waals surface area contributed by atoms with Crippen molar-refractivity contribution in [3.8, 4) is 0 Å². The largest absolute Gasteiger partial charge is 0.374 e. The van der Waals surface area contributed by atoms with Gasteiger partial charge in [0.25, 0.3) is 5.56 Å². The highest BCUT2D eigenvalue weighted by molar-refractivity contribution is 5.34. The van der Waals surface area contributed by atoms with E-state index in [1.807, 2.05) is 30.6 Å². The molecule has 0 aliphatic carbocycles. The van der Waals surface area contributed by atoms with Gasteiger partial charge < -0.3 is 14.2 Å². The molecule has 0 spiro atoms. The van der Waals surface area contributed by atoms with Gasteiger partial charge in [-0.3, -0.25) is 14.4 Å². The molecule has 1 fully saturated rings. The standard InChI is InChI=1S/C17H26N6O2/c1-13-14(9-22(4)19-13)10-23-7-8-25-15(12-23)11-21(3)16-17(24)20(2)6-5-18-16/h5-6,9,15H,7-8,10-12H2,1-4H3. The number of ether oxygens (including phenoxy) is 1. The van der Waals surface area contributed by atoms with E-state index in [9.17, 15) is 4.79 Å². The molecule has 0 saturated carbocycles. The van der Waals surface area contributed by atoms with Gasteiger partial charge in [0.1, 0.15) is 0 Å². The lowest BCUT2D eigenvalue weighted by atomic mass is 10.2. The highest BCUT2D eigenvalue weighted by Crippen LogP contribution is 2.14. The number of morpholine rings is 1. The summed E-state index contributed by atoms with van der Waals surface area (Å²) in [4.78, 5) is 20.7. The normalized spacial score (nSPS) is 18.5. The van der Waals surface area contributed by atoms with E-state index >= 15 is 0 Å². The third kappa shape index (κ3) is 4.08. The Labute approximate surface area is 147 Å². The predicted molar refractivity (Wildman–Crippen MR) is 95.7 cm³/mol. The van der Waals surface area contributed by atoms with Crippen LogP contribution in [0.1, 0.15) is 11.3 Å². The van der Waals surface area contributed by atoms with Gasteiger partial charge in [-0.2, -0.15) is 5.10 Å². The fourth-order valence-corrected chi connectivity index (χ4v) is 3.22. The summed E-state index contributed by atoms with van der Waals surface area (Å²) < 4.78 is 9.30. The van der Waals surface area contributed by atoms with Gasteiger partial charge in [-0.15, -0.1) is 0 Å². The van der Waals surface area contributed by atoms with Gasteiger partial charge >= 0.3 is 0 Å². The minimum absolute atomic E-state index is 0.0439. The number of aromatic nitrogens is 4. The fourth-order valence-electron chi connectivity index (χ4n) is 3.22. The molecule has 0 radical (unpaired) electrons. The lowest BCUT2D eigenvalue weighted by molar-refractivity contribution is -0.0265. The molecule has 136 valence electrons. The molecule has 1 unspecified atom stereocenters. The van der Waals surface area contributed by atoms with Crippen molar-refractivity contribution in [2.24, 2.45) is 14.1 Å². The Balaban J connectivity index is 1.62. The Hall–Kier alpha value is -2.19. The zero-order valence-electron chi connectivity index (χ0n) is 15.3. The van der Waals surface area contributed by atoms with Crippen LogP contribution in [0.3, 0.4) is 0 Å². The van der Waals surface area contributed by atoms with Crippen molar-refractivity contribution in [1.82, 2.24) is 24.2 Å². The van der Waals surface area contributed by atoms with Gasteiger partial charge in [-0.25, -0.2) is 4.98 Å². The van der Waals surface area contributed by atoms with Gasteiger partial charge in [-0.1, -0.05) is 0 Å². The van der Waals surface area contributed by atoms with Crippen LogP contribution < -0.4 is 10.5 Å². The third-order valence-corrected chi connectivity index (χ3v) is 4.57. The SMILES string of the molecule is Cc1nn(C)cc1CN1CCOC(CN(C)c2nccn(C)c2=O)C1.